The lowest BCUT2D eigenvalue weighted by molar-refractivity contribution is -0.150. The third-order valence-electron chi connectivity index (χ3n) is 5.06. The Morgan fingerprint density at radius 1 is 1.44 bits per heavy atom. The summed E-state index contributed by atoms with van der Waals surface area (Å²) >= 11 is 3.77. The summed E-state index contributed by atoms with van der Waals surface area (Å²) in [5.74, 6) is -2.38. The van der Waals surface area contributed by atoms with Crippen LogP contribution in [0.3, 0.4) is 0 Å². The maximum atomic E-state index is 12.9. The average Bonchev–Trinajstić information content (AvgIpc) is 3.47. The van der Waals surface area contributed by atoms with E-state index in [1.807, 2.05) is 17.5 Å². The van der Waals surface area contributed by atoms with Crippen molar-refractivity contribution in [3.05, 3.63) is 33.7 Å². The van der Waals surface area contributed by atoms with Gasteiger partial charge in [0.15, 0.2) is 0 Å². The first-order chi connectivity index (χ1) is 16.1. The molecule has 0 spiro atoms. The first-order valence-electron chi connectivity index (χ1n) is 9.77. The third kappa shape index (κ3) is 5.43. The summed E-state index contributed by atoms with van der Waals surface area (Å²) in [6, 6.07) is 2.79. The fourth-order valence-electron chi connectivity index (χ4n) is 3.60. The summed E-state index contributed by atoms with van der Waals surface area (Å²) in [4.78, 5) is 39.5. The van der Waals surface area contributed by atoms with E-state index in [1.54, 1.807) is 0 Å². The zero-order valence-electron chi connectivity index (χ0n) is 17.3. The molecule has 2 aromatic rings. The summed E-state index contributed by atoms with van der Waals surface area (Å²) in [5, 5.41) is 31.9. The summed E-state index contributed by atoms with van der Waals surface area (Å²) in [5.41, 5.74) is 0.132. The molecule has 2 unspecified atom stereocenters. The van der Waals surface area contributed by atoms with Crippen LogP contribution < -0.4 is 10.5 Å². The van der Waals surface area contributed by atoms with E-state index in [-0.39, 0.29) is 35.4 Å². The fourth-order valence-corrected chi connectivity index (χ4v) is 7.56. The monoisotopic (exact) mass is 545 g/mol. The summed E-state index contributed by atoms with van der Waals surface area (Å²) < 4.78 is 23.1. The van der Waals surface area contributed by atoms with Crippen molar-refractivity contribution >= 4 is 62.7 Å². The van der Waals surface area contributed by atoms with Gasteiger partial charge < -0.3 is 10.4 Å². The Morgan fingerprint density at radius 2 is 2.24 bits per heavy atom. The molecule has 34 heavy (non-hydrogen) atoms. The zero-order valence-corrected chi connectivity index (χ0v) is 20.5. The molecule has 4 rings (SSSR count). The molecule has 0 saturated carbocycles. The highest BCUT2D eigenvalue weighted by atomic mass is 32.2. The van der Waals surface area contributed by atoms with Gasteiger partial charge in [-0.25, -0.2) is 23.4 Å². The Kier molecular flexibility index (Phi) is 7.27. The van der Waals surface area contributed by atoms with Gasteiger partial charge in [0, 0.05) is 15.9 Å². The molecule has 2 amide bonds. The minimum atomic E-state index is -3.82. The van der Waals surface area contributed by atoms with Gasteiger partial charge in [0.05, 0.1) is 12.2 Å². The lowest BCUT2D eigenvalue weighted by atomic mass is 10.0. The maximum absolute atomic E-state index is 12.9. The summed E-state index contributed by atoms with van der Waals surface area (Å²) in [6.07, 6.45) is 0.119. The minimum Gasteiger partial charge on any atom is -0.477 e. The lowest BCUT2D eigenvalue weighted by Crippen LogP contribution is -2.70. The largest absolute Gasteiger partial charge is 0.477 e. The molecule has 0 radical (unpaired) electrons. The van der Waals surface area contributed by atoms with Crippen molar-refractivity contribution < 1.29 is 27.9 Å². The fraction of sp³-hybridized carbons (Fsp3) is 0.412. The number of amides is 2. The number of carboxylic acid groups (broad SMARTS) is 1. The number of β-lactam (4-membered cyclic amide) rings is 1. The van der Waals surface area contributed by atoms with Crippen molar-refractivity contribution in [3.8, 4) is 0 Å². The highest BCUT2D eigenvalue weighted by Crippen LogP contribution is 2.44. The van der Waals surface area contributed by atoms with Gasteiger partial charge >= 0.3 is 5.97 Å². The van der Waals surface area contributed by atoms with E-state index >= 15 is 0 Å². The van der Waals surface area contributed by atoms with Crippen LogP contribution in [0.15, 0.2) is 33.9 Å². The number of fused-ring (bicyclic) bond motifs is 1. The van der Waals surface area contributed by atoms with Gasteiger partial charge in [-0.15, -0.1) is 28.2 Å². The Labute approximate surface area is 206 Å². The first kappa shape index (κ1) is 24.6. The van der Waals surface area contributed by atoms with E-state index in [0.29, 0.717) is 5.57 Å². The van der Waals surface area contributed by atoms with E-state index in [2.05, 4.69) is 25.9 Å². The summed E-state index contributed by atoms with van der Waals surface area (Å²) in [6.45, 7) is 0. The number of nitrogens with zero attached hydrogens (tertiary/aromatic N) is 4. The number of aliphatic carboxylic acids is 1. The number of primary sulfonamides is 1. The van der Waals surface area contributed by atoms with E-state index in [9.17, 15) is 27.9 Å². The average molecular weight is 546 g/mol. The topological polar surface area (TPSA) is 201 Å². The van der Waals surface area contributed by atoms with Crippen LogP contribution in [0.2, 0.25) is 0 Å². The predicted molar refractivity (Wildman–Crippen MR) is 124 cm³/mol. The van der Waals surface area contributed by atoms with Crippen LogP contribution in [0.4, 0.5) is 0 Å². The molecule has 5 N–H and O–H groups in total. The van der Waals surface area contributed by atoms with Crippen LogP contribution in [0.1, 0.15) is 11.3 Å². The molecule has 2 aromatic heterocycles. The second-order valence-corrected chi connectivity index (χ2v) is 12.4. The number of aromatic nitrogens is 4. The van der Waals surface area contributed by atoms with Crippen LogP contribution in [-0.2, 0) is 30.8 Å². The number of carbonyl (C=O) groups excluding carboxylic acids is 2. The Balaban J connectivity index is 1.55. The van der Waals surface area contributed by atoms with Crippen molar-refractivity contribution in [2.75, 3.05) is 11.5 Å². The predicted octanol–water partition coefficient (Wildman–Crippen LogP) is -0.618. The van der Waals surface area contributed by atoms with Gasteiger partial charge in [0.2, 0.25) is 21.1 Å². The van der Waals surface area contributed by atoms with E-state index in [0.717, 1.165) is 21.5 Å². The Bertz CT molecular complexity index is 1220. The Hall–Kier alpha value is -2.47. The number of thioether (sulfide) groups is 2. The first-order valence-corrected chi connectivity index (χ1v) is 14.3. The molecule has 1 fully saturated rings. The van der Waals surface area contributed by atoms with E-state index < -0.39 is 44.3 Å². The van der Waals surface area contributed by atoms with Crippen molar-refractivity contribution in [2.45, 2.75) is 34.7 Å². The standard InChI is InChI=1S/C17H19N7O6S4/c18-34(29,30)5-3-10(33-17-20-22-23-21-17)9-7-32-15-12(14(26)24(15)13(9)16(27)28)19-11(25)6-8-2-1-4-31-8/h1-2,4,10,12,15H,3,5-7H2,(H,19,25)(H,27,28)(H2,18,29,30)(H,20,21,22,23)/t10?,12?,15-/m0/s1. The van der Waals surface area contributed by atoms with Crippen LogP contribution in [0, 0.1) is 0 Å². The molecular formula is C17H19N7O6S4. The van der Waals surface area contributed by atoms with Gasteiger partial charge in [-0.2, -0.15) is 0 Å². The van der Waals surface area contributed by atoms with Crippen molar-refractivity contribution in [3.63, 3.8) is 0 Å². The molecule has 0 aromatic carbocycles. The highest BCUT2D eigenvalue weighted by molar-refractivity contribution is 8.01. The number of carboxylic acids is 1. The number of thiophene rings is 1. The number of sulfonamides is 1. The molecule has 1 saturated heterocycles. The SMILES string of the molecule is NS(=O)(=O)CCC(Sc1nnn[nH]1)C1=C(C(=O)O)N2C(=O)C(NC(=O)Cc3cccs3)[C@@H]2SC1. The number of H-pyrrole nitrogens is 1. The number of nitrogens with one attached hydrogen (secondary N) is 2. The quantitative estimate of drug-likeness (QED) is 0.219. The number of carbonyl (C=O) groups is 3. The molecule has 182 valence electrons. The van der Waals surface area contributed by atoms with E-state index in [4.69, 9.17) is 5.14 Å². The molecular weight excluding hydrogens is 526 g/mol. The minimum absolute atomic E-state index is 0.00938. The Morgan fingerprint density at radius 3 is 2.85 bits per heavy atom. The number of hydrogen-bond acceptors (Lipinski definition) is 11. The maximum Gasteiger partial charge on any atom is 0.352 e. The number of aromatic amines is 1. The lowest BCUT2D eigenvalue weighted by Gasteiger charge is -2.50. The van der Waals surface area contributed by atoms with Crippen LogP contribution in [-0.4, -0.2) is 85.0 Å². The molecule has 2 aliphatic rings. The second kappa shape index (κ2) is 10.0. The molecule has 0 bridgehead atoms. The molecule has 13 nitrogen and oxygen atoms in total. The summed E-state index contributed by atoms with van der Waals surface area (Å²) in [7, 11) is -3.82. The molecule has 4 heterocycles. The normalized spacial score (nSPS) is 21.1. The number of hydrogen-bond donors (Lipinski definition) is 4. The van der Waals surface area contributed by atoms with E-state index in [1.165, 1.54) is 23.1 Å². The van der Waals surface area contributed by atoms with Gasteiger partial charge in [0.25, 0.3) is 5.91 Å². The number of tetrazole rings is 1. The van der Waals surface area contributed by atoms with Crippen LogP contribution in [0.5, 0.6) is 0 Å². The van der Waals surface area contributed by atoms with Gasteiger partial charge in [-0.05, 0) is 33.9 Å². The molecule has 0 aliphatic carbocycles. The van der Waals surface area contributed by atoms with Gasteiger partial charge in [-0.1, -0.05) is 17.8 Å². The van der Waals surface area contributed by atoms with Gasteiger partial charge in [0.1, 0.15) is 17.1 Å². The zero-order chi connectivity index (χ0) is 24.5. The molecule has 2 aliphatic heterocycles. The smallest absolute Gasteiger partial charge is 0.352 e. The second-order valence-electron chi connectivity index (χ2n) is 7.36. The van der Waals surface area contributed by atoms with Crippen molar-refractivity contribution in [1.82, 2.24) is 30.8 Å². The molecule has 17 heteroatoms. The van der Waals surface area contributed by atoms with Crippen molar-refractivity contribution in [2.24, 2.45) is 5.14 Å². The highest BCUT2D eigenvalue weighted by Gasteiger charge is 2.54. The van der Waals surface area contributed by atoms with Gasteiger partial charge in [-0.3, -0.25) is 14.5 Å². The van der Waals surface area contributed by atoms with Crippen LogP contribution >= 0.6 is 34.9 Å². The number of nitrogens with two attached hydrogens (primary N) is 1. The van der Waals surface area contributed by atoms with Crippen LogP contribution in [0.25, 0.3) is 0 Å². The number of rotatable bonds is 10. The third-order valence-corrected chi connectivity index (χ3v) is 9.25. The van der Waals surface area contributed by atoms with Crippen molar-refractivity contribution in [1.29, 1.82) is 0 Å². The molecule has 3 atom stereocenters.